The Kier molecular flexibility index (Phi) is 9.05. The monoisotopic (exact) mass is 413 g/mol. The summed E-state index contributed by atoms with van der Waals surface area (Å²) in [5.41, 5.74) is 1.52. The molecule has 8 nitrogen and oxygen atoms in total. The normalized spacial score (nSPS) is 11.2. The zero-order chi connectivity index (χ0) is 21.8. The van der Waals surface area contributed by atoms with Gasteiger partial charge in [-0.15, -0.1) is 0 Å². The molecular weight excluding hydrogens is 390 g/mol. The van der Waals surface area contributed by atoms with Crippen molar-refractivity contribution in [2.24, 2.45) is 0 Å². The first-order chi connectivity index (χ1) is 14.4. The molecule has 158 valence electrons. The third-order valence-electron chi connectivity index (χ3n) is 4.02. The summed E-state index contributed by atoms with van der Waals surface area (Å²) < 4.78 is 10.4. The number of nitrogens with one attached hydrogen (secondary N) is 1. The van der Waals surface area contributed by atoms with Crippen molar-refractivity contribution in [3.63, 3.8) is 0 Å². The van der Waals surface area contributed by atoms with Crippen LogP contribution in [0.3, 0.4) is 0 Å². The molecule has 30 heavy (non-hydrogen) atoms. The van der Waals surface area contributed by atoms with E-state index < -0.39 is 42.7 Å². The maximum Gasteiger partial charge on any atom is 0.329 e. The molecule has 1 amide bonds. The summed E-state index contributed by atoms with van der Waals surface area (Å²) in [5, 5.41) is 11.1. The number of carboxylic acid groups (broad SMARTS) is 1. The quantitative estimate of drug-likeness (QED) is 0.542. The molecule has 0 saturated carbocycles. The Morgan fingerprint density at radius 1 is 0.800 bits per heavy atom. The lowest BCUT2D eigenvalue weighted by atomic mass is 10.2. The fourth-order valence-electron chi connectivity index (χ4n) is 2.47. The van der Waals surface area contributed by atoms with Crippen LogP contribution < -0.4 is 5.32 Å². The highest BCUT2D eigenvalue weighted by atomic mass is 16.5. The van der Waals surface area contributed by atoms with E-state index in [1.165, 1.54) is 0 Å². The number of aliphatic carboxylic acids is 1. The van der Waals surface area contributed by atoms with Gasteiger partial charge < -0.3 is 19.9 Å². The van der Waals surface area contributed by atoms with E-state index in [1.807, 2.05) is 12.1 Å². The maximum absolute atomic E-state index is 12.4. The zero-order valence-corrected chi connectivity index (χ0v) is 16.3. The van der Waals surface area contributed by atoms with Crippen molar-refractivity contribution in [2.45, 2.75) is 38.5 Å². The van der Waals surface area contributed by atoms with E-state index in [-0.39, 0.29) is 19.6 Å². The molecule has 0 aliphatic heterocycles. The van der Waals surface area contributed by atoms with E-state index in [4.69, 9.17) is 14.6 Å². The van der Waals surface area contributed by atoms with Crippen LogP contribution >= 0.6 is 0 Å². The standard InChI is InChI=1S/C22H23NO7/c24-19(11-12-20(25)26)23-18(22(28)30-15-17-9-5-2-6-10-17)13-21(27)29-14-16-7-3-1-4-8-16/h1-10,18H,11-15H2,(H,23,24)(H,25,26)/t18-/m0/s1. The Hall–Kier alpha value is -3.68. The smallest absolute Gasteiger partial charge is 0.329 e. The van der Waals surface area contributed by atoms with E-state index in [1.54, 1.807) is 48.5 Å². The number of esters is 2. The highest BCUT2D eigenvalue weighted by Gasteiger charge is 2.26. The third kappa shape index (κ3) is 8.55. The second-order valence-corrected chi connectivity index (χ2v) is 6.46. The Balaban J connectivity index is 1.94. The Morgan fingerprint density at radius 3 is 1.87 bits per heavy atom. The number of rotatable bonds is 11. The van der Waals surface area contributed by atoms with Gasteiger partial charge in [0.25, 0.3) is 0 Å². The van der Waals surface area contributed by atoms with Crippen LogP contribution in [0, 0.1) is 0 Å². The fraction of sp³-hybridized carbons (Fsp3) is 0.273. The second kappa shape index (κ2) is 12.0. The first-order valence-electron chi connectivity index (χ1n) is 9.35. The molecule has 0 aromatic heterocycles. The van der Waals surface area contributed by atoms with Gasteiger partial charge in [0.1, 0.15) is 19.3 Å². The van der Waals surface area contributed by atoms with Gasteiger partial charge >= 0.3 is 17.9 Å². The van der Waals surface area contributed by atoms with Crippen molar-refractivity contribution < 1.29 is 33.8 Å². The minimum absolute atomic E-state index is 0.0262. The van der Waals surface area contributed by atoms with Gasteiger partial charge in [0.15, 0.2) is 0 Å². The summed E-state index contributed by atoms with van der Waals surface area (Å²) in [6.07, 6.45) is -1.15. The molecule has 0 unspecified atom stereocenters. The molecule has 1 atom stereocenters. The molecule has 0 aliphatic carbocycles. The summed E-state index contributed by atoms with van der Waals surface area (Å²) in [6.45, 7) is -0.00134. The second-order valence-electron chi connectivity index (χ2n) is 6.46. The minimum Gasteiger partial charge on any atom is -0.481 e. The molecule has 0 aliphatic rings. The first kappa shape index (κ1) is 22.6. The van der Waals surface area contributed by atoms with Gasteiger partial charge in [-0.05, 0) is 11.1 Å². The predicted molar refractivity (Wildman–Crippen MR) is 106 cm³/mol. The van der Waals surface area contributed by atoms with Crippen LogP contribution in [-0.4, -0.2) is 35.0 Å². The van der Waals surface area contributed by atoms with Crippen molar-refractivity contribution >= 4 is 23.8 Å². The van der Waals surface area contributed by atoms with Crippen molar-refractivity contribution in [3.8, 4) is 0 Å². The summed E-state index contributed by atoms with van der Waals surface area (Å²) in [4.78, 5) is 47.2. The number of carbonyl (C=O) groups excluding carboxylic acids is 3. The van der Waals surface area contributed by atoms with E-state index in [0.29, 0.717) is 0 Å². The van der Waals surface area contributed by atoms with E-state index in [0.717, 1.165) is 11.1 Å². The third-order valence-corrected chi connectivity index (χ3v) is 4.02. The molecule has 2 rings (SSSR count). The van der Waals surface area contributed by atoms with E-state index in [9.17, 15) is 19.2 Å². The van der Waals surface area contributed by atoms with E-state index >= 15 is 0 Å². The number of hydrogen-bond donors (Lipinski definition) is 2. The summed E-state index contributed by atoms with van der Waals surface area (Å²) in [6, 6.07) is 16.6. The zero-order valence-electron chi connectivity index (χ0n) is 16.3. The van der Waals surface area contributed by atoms with Crippen molar-refractivity contribution in [3.05, 3.63) is 71.8 Å². The van der Waals surface area contributed by atoms with Crippen molar-refractivity contribution in [2.75, 3.05) is 0 Å². The molecule has 0 radical (unpaired) electrons. The average molecular weight is 413 g/mol. The van der Waals surface area contributed by atoms with Crippen LogP contribution in [0.5, 0.6) is 0 Å². The summed E-state index contributed by atoms with van der Waals surface area (Å²) in [7, 11) is 0. The molecule has 0 bridgehead atoms. The van der Waals surface area contributed by atoms with Gasteiger partial charge in [-0.3, -0.25) is 14.4 Å². The van der Waals surface area contributed by atoms with Gasteiger partial charge in [0.2, 0.25) is 5.91 Å². The summed E-state index contributed by atoms with van der Waals surface area (Å²) in [5.74, 6) is -3.32. The first-order valence-corrected chi connectivity index (χ1v) is 9.35. The molecule has 2 aromatic carbocycles. The van der Waals surface area contributed by atoms with Crippen LogP contribution in [0.1, 0.15) is 30.4 Å². The Morgan fingerprint density at radius 2 is 1.33 bits per heavy atom. The number of hydrogen-bond acceptors (Lipinski definition) is 6. The summed E-state index contributed by atoms with van der Waals surface area (Å²) >= 11 is 0. The van der Waals surface area contributed by atoms with Crippen molar-refractivity contribution in [1.29, 1.82) is 0 Å². The van der Waals surface area contributed by atoms with Gasteiger partial charge in [0.05, 0.1) is 12.8 Å². The number of ether oxygens (including phenoxy) is 2. The largest absolute Gasteiger partial charge is 0.481 e. The van der Waals surface area contributed by atoms with Crippen LogP contribution in [0.2, 0.25) is 0 Å². The predicted octanol–water partition coefficient (Wildman–Crippen LogP) is 2.21. The molecule has 0 saturated heterocycles. The number of carboxylic acids is 1. The minimum atomic E-state index is -1.28. The topological polar surface area (TPSA) is 119 Å². The number of amides is 1. The lowest BCUT2D eigenvalue weighted by Gasteiger charge is -2.17. The molecule has 0 heterocycles. The maximum atomic E-state index is 12.4. The van der Waals surface area contributed by atoms with Crippen LogP contribution in [-0.2, 0) is 41.9 Å². The number of carbonyl (C=O) groups is 4. The molecule has 0 fully saturated rings. The van der Waals surface area contributed by atoms with Gasteiger partial charge in [-0.1, -0.05) is 60.7 Å². The Labute approximate surface area is 173 Å². The van der Waals surface area contributed by atoms with Gasteiger partial charge in [0, 0.05) is 6.42 Å². The number of benzene rings is 2. The van der Waals surface area contributed by atoms with Crippen LogP contribution in [0.25, 0.3) is 0 Å². The van der Waals surface area contributed by atoms with Crippen LogP contribution in [0.4, 0.5) is 0 Å². The molecule has 8 heteroatoms. The van der Waals surface area contributed by atoms with Crippen LogP contribution in [0.15, 0.2) is 60.7 Å². The van der Waals surface area contributed by atoms with Crippen molar-refractivity contribution in [1.82, 2.24) is 5.32 Å². The van der Waals surface area contributed by atoms with E-state index in [2.05, 4.69) is 5.32 Å². The molecule has 0 spiro atoms. The highest BCUT2D eigenvalue weighted by Crippen LogP contribution is 2.07. The van der Waals surface area contributed by atoms with Gasteiger partial charge in [-0.25, -0.2) is 4.79 Å². The highest BCUT2D eigenvalue weighted by molar-refractivity contribution is 5.89. The lowest BCUT2D eigenvalue weighted by molar-refractivity contribution is -0.155. The molecule has 2 aromatic rings. The molecular formula is C22H23NO7. The average Bonchev–Trinajstić information content (AvgIpc) is 2.75. The SMILES string of the molecule is O=C(O)CCC(=O)N[C@@H](CC(=O)OCc1ccccc1)C(=O)OCc1ccccc1. The lowest BCUT2D eigenvalue weighted by Crippen LogP contribution is -2.43. The molecule has 2 N–H and O–H groups in total. The fourth-order valence-corrected chi connectivity index (χ4v) is 2.47. The Bertz CT molecular complexity index is 852. The van der Waals surface area contributed by atoms with Gasteiger partial charge in [-0.2, -0.15) is 0 Å².